The maximum atomic E-state index is 6.60. The van der Waals surface area contributed by atoms with Crippen molar-refractivity contribution in [2.24, 2.45) is 5.73 Å². The highest BCUT2D eigenvalue weighted by Crippen LogP contribution is 2.32. The summed E-state index contributed by atoms with van der Waals surface area (Å²) in [4.78, 5) is 0. The maximum absolute atomic E-state index is 6.60. The van der Waals surface area contributed by atoms with E-state index >= 15 is 0 Å². The van der Waals surface area contributed by atoms with Gasteiger partial charge in [0, 0.05) is 0 Å². The van der Waals surface area contributed by atoms with E-state index in [1.165, 1.54) is 11.1 Å². The van der Waals surface area contributed by atoms with Gasteiger partial charge in [0.1, 0.15) is 0 Å². The van der Waals surface area contributed by atoms with Gasteiger partial charge in [0.05, 0.1) is 5.54 Å². The van der Waals surface area contributed by atoms with Crippen molar-refractivity contribution in [3.05, 3.63) is 58.3 Å². The number of rotatable bonds is 4. The van der Waals surface area contributed by atoms with Gasteiger partial charge in [-0.25, -0.2) is 0 Å². The van der Waals surface area contributed by atoms with Crippen LogP contribution in [0.25, 0.3) is 0 Å². The first kappa shape index (κ1) is 11.4. The standard InChI is InChI=1S/C14H17NS/c1-2-9-14(15,13-8-10-16-11-13)12-6-4-3-5-7-12/h3-8,10-11H,2,9,15H2,1H3. The summed E-state index contributed by atoms with van der Waals surface area (Å²) in [7, 11) is 0. The number of thiophene rings is 1. The molecule has 1 aromatic carbocycles. The van der Waals surface area contributed by atoms with Gasteiger partial charge in [-0.05, 0) is 34.4 Å². The number of nitrogens with two attached hydrogens (primary N) is 1. The zero-order valence-corrected chi connectivity index (χ0v) is 10.3. The Bertz CT molecular complexity index is 421. The average molecular weight is 231 g/mol. The molecule has 1 aromatic heterocycles. The first-order valence-corrected chi connectivity index (χ1v) is 6.58. The Morgan fingerprint density at radius 1 is 1.12 bits per heavy atom. The molecule has 2 N–H and O–H groups in total. The van der Waals surface area contributed by atoms with Crippen molar-refractivity contribution >= 4 is 11.3 Å². The van der Waals surface area contributed by atoms with E-state index in [0.29, 0.717) is 0 Å². The summed E-state index contributed by atoms with van der Waals surface area (Å²) >= 11 is 1.71. The Labute approximate surface area is 101 Å². The van der Waals surface area contributed by atoms with Crippen molar-refractivity contribution in [3.8, 4) is 0 Å². The fraction of sp³-hybridized carbons (Fsp3) is 0.286. The highest BCUT2D eigenvalue weighted by Gasteiger charge is 2.28. The van der Waals surface area contributed by atoms with E-state index in [1.54, 1.807) is 11.3 Å². The van der Waals surface area contributed by atoms with Crippen LogP contribution in [-0.4, -0.2) is 0 Å². The Hall–Kier alpha value is -1.12. The highest BCUT2D eigenvalue weighted by atomic mass is 32.1. The SMILES string of the molecule is CCCC(N)(c1ccccc1)c1ccsc1. The van der Waals surface area contributed by atoms with Crippen LogP contribution in [0.1, 0.15) is 30.9 Å². The van der Waals surface area contributed by atoms with Crippen LogP contribution < -0.4 is 5.73 Å². The predicted octanol–water partition coefficient (Wildman–Crippen LogP) is 3.75. The van der Waals surface area contributed by atoms with Gasteiger partial charge < -0.3 is 5.73 Å². The molecular weight excluding hydrogens is 214 g/mol. The Morgan fingerprint density at radius 3 is 2.44 bits per heavy atom. The van der Waals surface area contributed by atoms with E-state index in [-0.39, 0.29) is 5.54 Å². The molecule has 0 radical (unpaired) electrons. The molecule has 1 nitrogen and oxygen atoms in total. The lowest BCUT2D eigenvalue weighted by Gasteiger charge is -2.29. The summed E-state index contributed by atoms with van der Waals surface area (Å²) < 4.78 is 0. The fourth-order valence-electron chi connectivity index (χ4n) is 2.10. The second kappa shape index (κ2) is 4.81. The highest BCUT2D eigenvalue weighted by molar-refractivity contribution is 7.08. The van der Waals surface area contributed by atoms with E-state index in [2.05, 4.69) is 48.0 Å². The topological polar surface area (TPSA) is 26.0 Å². The van der Waals surface area contributed by atoms with E-state index in [4.69, 9.17) is 5.73 Å². The second-order valence-electron chi connectivity index (χ2n) is 4.10. The Kier molecular flexibility index (Phi) is 3.42. The largest absolute Gasteiger partial charge is 0.318 e. The van der Waals surface area contributed by atoms with Crippen LogP contribution in [0.3, 0.4) is 0 Å². The first-order chi connectivity index (χ1) is 7.77. The summed E-state index contributed by atoms with van der Waals surface area (Å²) in [6.07, 6.45) is 2.06. The zero-order valence-electron chi connectivity index (χ0n) is 9.52. The number of hydrogen-bond donors (Lipinski definition) is 1. The van der Waals surface area contributed by atoms with Crippen LogP contribution in [0.15, 0.2) is 47.2 Å². The third kappa shape index (κ3) is 2.04. The van der Waals surface area contributed by atoms with Crippen molar-refractivity contribution < 1.29 is 0 Å². The lowest BCUT2D eigenvalue weighted by Crippen LogP contribution is -2.37. The molecule has 2 rings (SSSR count). The van der Waals surface area contributed by atoms with Gasteiger partial charge in [-0.15, -0.1) is 0 Å². The average Bonchev–Trinajstić information content (AvgIpc) is 2.84. The Balaban J connectivity index is 2.44. The van der Waals surface area contributed by atoms with E-state index in [9.17, 15) is 0 Å². The van der Waals surface area contributed by atoms with Crippen molar-refractivity contribution in [1.82, 2.24) is 0 Å². The van der Waals surface area contributed by atoms with Gasteiger partial charge in [-0.1, -0.05) is 43.7 Å². The van der Waals surface area contributed by atoms with Gasteiger partial charge in [-0.3, -0.25) is 0 Å². The van der Waals surface area contributed by atoms with Crippen molar-refractivity contribution in [2.75, 3.05) is 0 Å². The summed E-state index contributed by atoms with van der Waals surface area (Å²) in [5, 5.41) is 4.25. The minimum atomic E-state index is -0.323. The van der Waals surface area contributed by atoms with Crippen LogP contribution in [0.2, 0.25) is 0 Å². The van der Waals surface area contributed by atoms with Crippen LogP contribution in [0, 0.1) is 0 Å². The predicted molar refractivity (Wildman–Crippen MR) is 70.6 cm³/mol. The molecule has 16 heavy (non-hydrogen) atoms. The number of benzene rings is 1. The number of hydrogen-bond acceptors (Lipinski definition) is 2. The monoisotopic (exact) mass is 231 g/mol. The molecule has 1 heterocycles. The van der Waals surface area contributed by atoms with Gasteiger partial charge in [0.15, 0.2) is 0 Å². The van der Waals surface area contributed by atoms with Crippen molar-refractivity contribution in [2.45, 2.75) is 25.3 Å². The first-order valence-electron chi connectivity index (χ1n) is 5.64. The second-order valence-corrected chi connectivity index (χ2v) is 4.88. The summed E-state index contributed by atoms with van der Waals surface area (Å²) in [6, 6.07) is 12.5. The molecule has 0 saturated carbocycles. The van der Waals surface area contributed by atoms with Crippen LogP contribution in [-0.2, 0) is 5.54 Å². The van der Waals surface area contributed by atoms with Gasteiger partial charge in [0.2, 0.25) is 0 Å². The minimum absolute atomic E-state index is 0.323. The molecule has 0 aliphatic rings. The lowest BCUT2D eigenvalue weighted by atomic mass is 9.82. The maximum Gasteiger partial charge on any atom is 0.0673 e. The molecule has 2 aromatic rings. The Morgan fingerprint density at radius 2 is 1.88 bits per heavy atom. The van der Waals surface area contributed by atoms with Gasteiger partial charge in [0.25, 0.3) is 0 Å². The minimum Gasteiger partial charge on any atom is -0.318 e. The van der Waals surface area contributed by atoms with Crippen LogP contribution in [0.4, 0.5) is 0 Å². The van der Waals surface area contributed by atoms with E-state index < -0.39 is 0 Å². The third-order valence-corrected chi connectivity index (χ3v) is 3.65. The molecule has 2 heteroatoms. The molecule has 0 amide bonds. The molecule has 0 fully saturated rings. The molecule has 0 aliphatic heterocycles. The van der Waals surface area contributed by atoms with Gasteiger partial charge in [-0.2, -0.15) is 11.3 Å². The third-order valence-electron chi connectivity index (χ3n) is 2.97. The van der Waals surface area contributed by atoms with Gasteiger partial charge >= 0.3 is 0 Å². The molecule has 0 bridgehead atoms. The molecule has 0 aliphatic carbocycles. The summed E-state index contributed by atoms with van der Waals surface area (Å²) in [5.41, 5.74) is 8.71. The van der Waals surface area contributed by atoms with E-state index in [1.807, 2.05) is 6.07 Å². The molecule has 0 spiro atoms. The van der Waals surface area contributed by atoms with Crippen molar-refractivity contribution in [3.63, 3.8) is 0 Å². The molecule has 1 unspecified atom stereocenters. The van der Waals surface area contributed by atoms with Crippen LogP contribution in [0.5, 0.6) is 0 Å². The molecule has 0 saturated heterocycles. The quantitative estimate of drug-likeness (QED) is 0.852. The van der Waals surface area contributed by atoms with E-state index in [0.717, 1.165) is 12.8 Å². The van der Waals surface area contributed by atoms with Crippen LogP contribution >= 0.6 is 11.3 Å². The molecule has 84 valence electrons. The molecular formula is C14H17NS. The lowest BCUT2D eigenvalue weighted by molar-refractivity contribution is 0.486. The zero-order chi connectivity index (χ0) is 11.4. The fourth-order valence-corrected chi connectivity index (χ4v) is 2.84. The summed E-state index contributed by atoms with van der Waals surface area (Å²) in [6.45, 7) is 2.18. The van der Waals surface area contributed by atoms with Crippen molar-refractivity contribution in [1.29, 1.82) is 0 Å². The smallest absolute Gasteiger partial charge is 0.0673 e. The molecule has 1 atom stereocenters. The normalized spacial score (nSPS) is 14.6. The summed E-state index contributed by atoms with van der Waals surface area (Å²) in [5.74, 6) is 0.